The number of para-hydroxylation sites is 2. The fourth-order valence-electron chi connectivity index (χ4n) is 3.23. The molecule has 0 saturated heterocycles. The molecule has 5 aromatic rings. The van der Waals surface area contributed by atoms with E-state index in [0.717, 1.165) is 33.7 Å². The summed E-state index contributed by atoms with van der Waals surface area (Å²) >= 11 is 3.07. The second-order valence-corrected chi connectivity index (χ2v) is 8.29. The Morgan fingerprint density at radius 3 is 2.77 bits per heavy atom. The molecule has 8 heteroatoms. The van der Waals surface area contributed by atoms with Crippen molar-refractivity contribution in [1.82, 2.24) is 19.5 Å². The van der Waals surface area contributed by atoms with E-state index in [0.29, 0.717) is 18.2 Å². The molecule has 1 amide bonds. The number of anilines is 1. The van der Waals surface area contributed by atoms with Gasteiger partial charge in [0.05, 0.1) is 11.0 Å². The SMILES string of the molecule is O=C(Nc1nc2ccccc2n1CCc1ccccn1)c1csc(-c2ccsc2)n1. The van der Waals surface area contributed by atoms with Crippen molar-refractivity contribution in [2.45, 2.75) is 13.0 Å². The molecular weight excluding hydrogens is 414 g/mol. The summed E-state index contributed by atoms with van der Waals surface area (Å²) in [5.41, 5.74) is 4.23. The van der Waals surface area contributed by atoms with E-state index in [1.54, 1.807) is 22.9 Å². The summed E-state index contributed by atoms with van der Waals surface area (Å²) < 4.78 is 2.02. The van der Waals surface area contributed by atoms with Gasteiger partial charge in [-0.1, -0.05) is 18.2 Å². The van der Waals surface area contributed by atoms with Crippen LogP contribution >= 0.6 is 22.7 Å². The maximum atomic E-state index is 12.9. The number of nitrogens with zero attached hydrogens (tertiary/aromatic N) is 4. The Kier molecular flexibility index (Phi) is 5.08. The molecule has 0 unspecified atom stereocenters. The zero-order chi connectivity index (χ0) is 20.3. The minimum absolute atomic E-state index is 0.262. The van der Waals surface area contributed by atoms with E-state index >= 15 is 0 Å². The molecule has 148 valence electrons. The Balaban J connectivity index is 1.41. The molecule has 30 heavy (non-hydrogen) atoms. The predicted molar refractivity (Wildman–Crippen MR) is 121 cm³/mol. The number of hydrogen-bond donors (Lipinski definition) is 1. The Morgan fingerprint density at radius 2 is 1.93 bits per heavy atom. The monoisotopic (exact) mass is 431 g/mol. The highest BCUT2D eigenvalue weighted by molar-refractivity contribution is 7.14. The van der Waals surface area contributed by atoms with Gasteiger partial charge in [0, 0.05) is 41.2 Å². The Labute approximate surface area is 180 Å². The molecule has 0 atom stereocenters. The van der Waals surface area contributed by atoms with Crippen LogP contribution in [0.25, 0.3) is 21.6 Å². The van der Waals surface area contributed by atoms with Crippen LogP contribution in [0.3, 0.4) is 0 Å². The molecule has 0 aliphatic carbocycles. The lowest BCUT2D eigenvalue weighted by atomic mass is 10.2. The summed E-state index contributed by atoms with van der Waals surface area (Å²) in [6.45, 7) is 0.657. The maximum Gasteiger partial charge on any atom is 0.277 e. The molecule has 4 heterocycles. The topological polar surface area (TPSA) is 72.7 Å². The second-order valence-electron chi connectivity index (χ2n) is 6.65. The number of thiophene rings is 1. The first kappa shape index (κ1) is 18.7. The van der Waals surface area contributed by atoms with Crippen LogP contribution in [0.4, 0.5) is 5.95 Å². The highest BCUT2D eigenvalue weighted by Gasteiger charge is 2.17. The lowest BCUT2D eigenvalue weighted by Crippen LogP contribution is -2.17. The number of fused-ring (bicyclic) bond motifs is 1. The van der Waals surface area contributed by atoms with E-state index in [-0.39, 0.29) is 5.91 Å². The van der Waals surface area contributed by atoms with Gasteiger partial charge in [-0.05, 0) is 35.7 Å². The van der Waals surface area contributed by atoms with Crippen LogP contribution in [-0.4, -0.2) is 25.4 Å². The molecule has 0 radical (unpaired) electrons. The number of rotatable bonds is 6. The largest absolute Gasteiger partial charge is 0.310 e. The molecule has 0 aliphatic heterocycles. The third-order valence-electron chi connectivity index (χ3n) is 4.70. The van der Waals surface area contributed by atoms with Gasteiger partial charge in [0.15, 0.2) is 0 Å². The van der Waals surface area contributed by atoms with Crippen molar-refractivity contribution in [1.29, 1.82) is 0 Å². The number of carbonyl (C=O) groups excluding carboxylic acids is 1. The van der Waals surface area contributed by atoms with Gasteiger partial charge in [-0.2, -0.15) is 11.3 Å². The minimum Gasteiger partial charge on any atom is -0.310 e. The summed E-state index contributed by atoms with van der Waals surface area (Å²) in [5, 5.41) is 9.60. The van der Waals surface area contributed by atoms with Crippen molar-refractivity contribution in [3.8, 4) is 10.6 Å². The number of pyridine rings is 1. The van der Waals surface area contributed by atoms with Crippen LogP contribution in [0.2, 0.25) is 0 Å². The Bertz CT molecular complexity index is 1290. The molecule has 6 nitrogen and oxygen atoms in total. The maximum absolute atomic E-state index is 12.9. The number of aromatic nitrogens is 4. The van der Waals surface area contributed by atoms with Crippen molar-refractivity contribution in [2.24, 2.45) is 0 Å². The normalized spacial score (nSPS) is 11.1. The molecule has 0 aliphatic rings. The number of nitrogens with one attached hydrogen (secondary N) is 1. The van der Waals surface area contributed by atoms with Crippen molar-refractivity contribution in [2.75, 3.05) is 5.32 Å². The highest BCUT2D eigenvalue weighted by Crippen LogP contribution is 2.26. The lowest BCUT2D eigenvalue weighted by Gasteiger charge is -2.09. The van der Waals surface area contributed by atoms with Gasteiger partial charge in [-0.15, -0.1) is 11.3 Å². The zero-order valence-corrected chi connectivity index (χ0v) is 17.5. The van der Waals surface area contributed by atoms with Gasteiger partial charge < -0.3 is 4.57 Å². The van der Waals surface area contributed by atoms with Crippen LogP contribution in [0.15, 0.2) is 70.9 Å². The number of hydrogen-bond acceptors (Lipinski definition) is 6. The van der Waals surface area contributed by atoms with Gasteiger partial charge in [-0.25, -0.2) is 9.97 Å². The summed E-state index contributed by atoms with van der Waals surface area (Å²) in [6.07, 6.45) is 2.53. The Morgan fingerprint density at radius 1 is 1.03 bits per heavy atom. The number of thiazole rings is 1. The molecule has 0 spiro atoms. The second kappa shape index (κ2) is 8.17. The van der Waals surface area contributed by atoms with E-state index in [1.807, 2.05) is 63.9 Å². The first-order chi connectivity index (χ1) is 14.8. The van der Waals surface area contributed by atoms with Gasteiger partial charge >= 0.3 is 0 Å². The molecule has 0 bridgehead atoms. The lowest BCUT2D eigenvalue weighted by molar-refractivity contribution is 0.102. The number of benzene rings is 1. The molecular formula is C22H17N5OS2. The standard InChI is InChI=1S/C22H17N5OS2/c28-20(18-14-30-21(24-18)15-9-12-29-13-15)26-22-25-17-6-1-2-7-19(17)27(22)11-8-16-5-3-4-10-23-16/h1-7,9-10,12-14H,8,11H2,(H,25,26,28). The highest BCUT2D eigenvalue weighted by atomic mass is 32.1. The molecule has 5 rings (SSSR count). The van der Waals surface area contributed by atoms with Crippen molar-refractivity contribution in [3.63, 3.8) is 0 Å². The zero-order valence-electron chi connectivity index (χ0n) is 15.9. The van der Waals surface area contributed by atoms with Gasteiger partial charge in [-0.3, -0.25) is 15.1 Å². The summed E-state index contributed by atoms with van der Waals surface area (Å²) in [5.74, 6) is 0.254. The quantitative estimate of drug-likeness (QED) is 0.405. The van der Waals surface area contributed by atoms with Crippen molar-refractivity contribution < 1.29 is 4.79 Å². The van der Waals surface area contributed by atoms with E-state index in [2.05, 4.69) is 20.3 Å². The number of imidazole rings is 1. The third kappa shape index (κ3) is 3.74. The average Bonchev–Trinajstić information content (AvgIpc) is 3.52. The van der Waals surface area contributed by atoms with E-state index in [1.165, 1.54) is 11.3 Å². The summed E-state index contributed by atoms with van der Waals surface area (Å²) in [7, 11) is 0. The summed E-state index contributed by atoms with van der Waals surface area (Å²) in [6, 6.07) is 15.7. The fraction of sp³-hybridized carbons (Fsp3) is 0.0909. The smallest absolute Gasteiger partial charge is 0.277 e. The molecule has 0 fully saturated rings. The van der Waals surface area contributed by atoms with Crippen LogP contribution in [0.1, 0.15) is 16.2 Å². The van der Waals surface area contributed by atoms with E-state index in [9.17, 15) is 4.79 Å². The number of amides is 1. The van der Waals surface area contributed by atoms with Crippen LogP contribution in [0, 0.1) is 0 Å². The average molecular weight is 432 g/mol. The van der Waals surface area contributed by atoms with Crippen LogP contribution in [0.5, 0.6) is 0 Å². The minimum atomic E-state index is -0.262. The fourth-order valence-corrected chi connectivity index (χ4v) is 4.74. The van der Waals surface area contributed by atoms with Gasteiger partial charge in [0.25, 0.3) is 5.91 Å². The number of carbonyl (C=O) groups is 1. The molecule has 0 saturated carbocycles. The van der Waals surface area contributed by atoms with Crippen LogP contribution < -0.4 is 5.32 Å². The number of aryl methyl sites for hydroxylation is 2. The van der Waals surface area contributed by atoms with E-state index in [4.69, 9.17) is 0 Å². The third-order valence-corrected chi connectivity index (χ3v) is 6.28. The first-order valence-electron chi connectivity index (χ1n) is 9.42. The van der Waals surface area contributed by atoms with E-state index < -0.39 is 0 Å². The molecule has 1 N–H and O–H groups in total. The van der Waals surface area contributed by atoms with Crippen molar-refractivity contribution >= 4 is 45.6 Å². The van der Waals surface area contributed by atoms with Crippen molar-refractivity contribution in [3.05, 3.63) is 82.3 Å². The predicted octanol–water partition coefficient (Wildman–Crippen LogP) is 5.11. The van der Waals surface area contributed by atoms with Gasteiger partial charge in [0.1, 0.15) is 10.7 Å². The summed E-state index contributed by atoms with van der Waals surface area (Å²) in [4.78, 5) is 26.4. The Hall–Kier alpha value is -3.36. The first-order valence-corrected chi connectivity index (χ1v) is 11.2. The van der Waals surface area contributed by atoms with Crippen LogP contribution in [-0.2, 0) is 13.0 Å². The molecule has 1 aromatic carbocycles. The molecule has 4 aromatic heterocycles. The van der Waals surface area contributed by atoms with Gasteiger partial charge in [0.2, 0.25) is 5.95 Å².